The molecule has 30 heavy (non-hydrogen) atoms. The fraction of sp³-hybridized carbons (Fsp3) is 0.391. The highest BCUT2D eigenvalue weighted by Gasteiger charge is 2.21. The van der Waals surface area contributed by atoms with Gasteiger partial charge in [0.1, 0.15) is 5.82 Å². The molecule has 1 aliphatic rings. The molecule has 6 nitrogen and oxygen atoms in total. The van der Waals surface area contributed by atoms with Gasteiger partial charge in [0.2, 0.25) is 0 Å². The molecule has 7 heteroatoms. The summed E-state index contributed by atoms with van der Waals surface area (Å²) in [7, 11) is 5.98. The van der Waals surface area contributed by atoms with E-state index in [2.05, 4.69) is 40.8 Å². The normalized spacial score (nSPS) is 14.3. The number of likely N-dealkylation sites (N-methyl/N-ethyl adjacent to an activating group) is 1. The van der Waals surface area contributed by atoms with E-state index < -0.39 is 17.6 Å². The second-order valence-corrected chi connectivity index (χ2v) is 8.02. The lowest BCUT2D eigenvalue weighted by Crippen LogP contribution is -2.40. The van der Waals surface area contributed by atoms with Crippen LogP contribution in [0.2, 0.25) is 0 Å². The molecule has 160 valence electrons. The first-order chi connectivity index (χ1) is 14.3. The first-order valence-electron chi connectivity index (χ1n) is 10.1. The highest BCUT2D eigenvalue weighted by Crippen LogP contribution is 2.29. The summed E-state index contributed by atoms with van der Waals surface area (Å²) < 4.78 is 13.6. The third-order valence-electron chi connectivity index (χ3n) is 5.55. The highest BCUT2D eigenvalue weighted by atomic mass is 19.1. The van der Waals surface area contributed by atoms with Crippen molar-refractivity contribution in [3.8, 4) is 0 Å². The van der Waals surface area contributed by atoms with Gasteiger partial charge in [0, 0.05) is 31.5 Å². The molecule has 2 aromatic carbocycles. The predicted molar refractivity (Wildman–Crippen MR) is 117 cm³/mol. The molecule has 1 atom stereocenters. The van der Waals surface area contributed by atoms with Gasteiger partial charge in [-0.05, 0) is 68.8 Å². The Kier molecular flexibility index (Phi) is 6.72. The second kappa shape index (κ2) is 9.26. The lowest BCUT2D eigenvalue weighted by molar-refractivity contribution is -0.136. The Bertz CT molecular complexity index is 945. The van der Waals surface area contributed by atoms with Gasteiger partial charge in [0.05, 0.1) is 6.04 Å². The summed E-state index contributed by atoms with van der Waals surface area (Å²) in [6.45, 7) is 2.98. The van der Waals surface area contributed by atoms with Crippen LogP contribution in [0.4, 0.5) is 15.8 Å². The molecule has 1 aliphatic heterocycles. The number of anilines is 2. The molecule has 0 fully saturated rings. The molecule has 0 saturated carbocycles. The largest absolute Gasteiger partial charge is 0.374 e. The molecule has 0 spiro atoms. The topological polar surface area (TPSA) is 64.7 Å². The minimum atomic E-state index is -0.817. The van der Waals surface area contributed by atoms with E-state index >= 15 is 0 Å². The van der Waals surface area contributed by atoms with Crippen LogP contribution in [0, 0.1) is 12.7 Å². The molecule has 0 aliphatic carbocycles. The van der Waals surface area contributed by atoms with Crippen molar-refractivity contribution in [2.24, 2.45) is 0 Å². The van der Waals surface area contributed by atoms with Crippen molar-refractivity contribution in [1.82, 2.24) is 10.2 Å². The molecule has 3 rings (SSSR count). The summed E-state index contributed by atoms with van der Waals surface area (Å²) in [6.07, 6.45) is 2.16. The summed E-state index contributed by atoms with van der Waals surface area (Å²) in [6, 6.07) is 10.6. The summed E-state index contributed by atoms with van der Waals surface area (Å²) >= 11 is 0. The van der Waals surface area contributed by atoms with Crippen molar-refractivity contribution in [2.75, 3.05) is 44.4 Å². The monoisotopic (exact) mass is 412 g/mol. The highest BCUT2D eigenvalue weighted by molar-refractivity contribution is 6.39. The molecule has 0 radical (unpaired) electrons. The van der Waals surface area contributed by atoms with Crippen molar-refractivity contribution in [3.05, 3.63) is 58.9 Å². The fourth-order valence-corrected chi connectivity index (χ4v) is 3.74. The van der Waals surface area contributed by atoms with E-state index in [0.29, 0.717) is 5.56 Å². The quantitative estimate of drug-likeness (QED) is 0.742. The number of carbonyl (C=O) groups is 2. The minimum absolute atomic E-state index is 0.0731. The maximum absolute atomic E-state index is 13.6. The van der Waals surface area contributed by atoms with Gasteiger partial charge in [-0.25, -0.2) is 4.39 Å². The van der Waals surface area contributed by atoms with Crippen LogP contribution in [0.3, 0.4) is 0 Å². The Morgan fingerprint density at radius 1 is 1.17 bits per heavy atom. The summed E-state index contributed by atoms with van der Waals surface area (Å²) in [5, 5.41) is 5.14. The van der Waals surface area contributed by atoms with Gasteiger partial charge in [-0.15, -0.1) is 0 Å². The molecule has 0 bridgehead atoms. The Labute approximate surface area is 177 Å². The fourth-order valence-electron chi connectivity index (χ4n) is 3.74. The van der Waals surface area contributed by atoms with Crippen molar-refractivity contribution in [1.29, 1.82) is 0 Å². The standard InChI is InChI=1S/C23H29FN4O2/c1-15-7-9-18(13-19(15)24)26-23(30)22(29)25-14-21(27(2)3)17-8-10-20-16(12-17)6-5-11-28(20)4/h7-10,12-13,21H,5-6,11,14H2,1-4H3,(H,25,29)(H,26,30). The summed E-state index contributed by atoms with van der Waals surface area (Å²) in [5.41, 5.74) is 4.37. The molecule has 2 aromatic rings. The molecule has 2 amide bonds. The number of aryl methyl sites for hydroxylation is 2. The van der Waals surface area contributed by atoms with E-state index in [1.807, 2.05) is 19.0 Å². The molecule has 1 heterocycles. The zero-order chi connectivity index (χ0) is 21.8. The van der Waals surface area contributed by atoms with E-state index in [4.69, 9.17) is 0 Å². The van der Waals surface area contributed by atoms with Gasteiger partial charge in [-0.3, -0.25) is 9.59 Å². The van der Waals surface area contributed by atoms with Gasteiger partial charge < -0.3 is 20.4 Å². The number of hydrogen-bond acceptors (Lipinski definition) is 4. The van der Waals surface area contributed by atoms with E-state index in [1.54, 1.807) is 19.1 Å². The third kappa shape index (κ3) is 4.97. The molecular weight excluding hydrogens is 383 g/mol. The van der Waals surface area contributed by atoms with Crippen molar-refractivity contribution in [3.63, 3.8) is 0 Å². The number of benzene rings is 2. The SMILES string of the molecule is Cc1ccc(NC(=O)C(=O)NCC(c2ccc3c(c2)CCCN3C)N(C)C)cc1F. The number of nitrogens with one attached hydrogen (secondary N) is 2. The maximum atomic E-state index is 13.6. The number of amides is 2. The molecule has 0 aromatic heterocycles. The van der Waals surface area contributed by atoms with Crippen LogP contribution in [0.15, 0.2) is 36.4 Å². The Balaban J connectivity index is 1.65. The van der Waals surface area contributed by atoms with E-state index in [9.17, 15) is 14.0 Å². The minimum Gasteiger partial charge on any atom is -0.374 e. The van der Waals surface area contributed by atoms with Crippen LogP contribution >= 0.6 is 0 Å². The van der Waals surface area contributed by atoms with Crippen LogP contribution in [0.1, 0.15) is 29.2 Å². The maximum Gasteiger partial charge on any atom is 0.313 e. The average molecular weight is 413 g/mol. The zero-order valence-corrected chi connectivity index (χ0v) is 18.0. The van der Waals surface area contributed by atoms with Gasteiger partial charge in [0.15, 0.2) is 0 Å². The molecule has 2 N–H and O–H groups in total. The van der Waals surface area contributed by atoms with Gasteiger partial charge in [0.25, 0.3) is 0 Å². The lowest BCUT2D eigenvalue weighted by Gasteiger charge is -2.30. The lowest BCUT2D eigenvalue weighted by atomic mass is 9.96. The van der Waals surface area contributed by atoms with Crippen LogP contribution in [0.25, 0.3) is 0 Å². The van der Waals surface area contributed by atoms with Gasteiger partial charge in [-0.1, -0.05) is 18.2 Å². The van der Waals surface area contributed by atoms with Crippen LogP contribution < -0.4 is 15.5 Å². The Hall–Kier alpha value is -2.93. The Morgan fingerprint density at radius 3 is 2.63 bits per heavy atom. The van der Waals surface area contributed by atoms with E-state index in [-0.39, 0.29) is 18.3 Å². The zero-order valence-electron chi connectivity index (χ0n) is 18.0. The number of carbonyl (C=O) groups excluding carboxylic acids is 2. The van der Waals surface area contributed by atoms with Crippen LogP contribution in [-0.2, 0) is 16.0 Å². The van der Waals surface area contributed by atoms with E-state index in [0.717, 1.165) is 24.9 Å². The van der Waals surface area contributed by atoms with Gasteiger partial charge >= 0.3 is 11.8 Å². The van der Waals surface area contributed by atoms with Crippen LogP contribution in [0.5, 0.6) is 0 Å². The molecule has 0 saturated heterocycles. The third-order valence-corrected chi connectivity index (χ3v) is 5.55. The Morgan fingerprint density at radius 2 is 1.93 bits per heavy atom. The smallest absolute Gasteiger partial charge is 0.313 e. The first-order valence-corrected chi connectivity index (χ1v) is 10.1. The number of hydrogen-bond donors (Lipinski definition) is 2. The van der Waals surface area contributed by atoms with Crippen molar-refractivity contribution in [2.45, 2.75) is 25.8 Å². The molecular formula is C23H29FN4O2. The average Bonchev–Trinajstić information content (AvgIpc) is 2.70. The summed E-state index contributed by atoms with van der Waals surface area (Å²) in [4.78, 5) is 28.8. The first kappa shape index (κ1) is 21.8. The predicted octanol–water partition coefficient (Wildman–Crippen LogP) is 2.87. The number of nitrogens with zero attached hydrogens (tertiary/aromatic N) is 2. The number of rotatable bonds is 5. The second-order valence-electron chi connectivity index (χ2n) is 8.02. The van der Waals surface area contributed by atoms with E-state index in [1.165, 1.54) is 17.3 Å². The van der Waals surface area contributed by atoms with Crippen LogP contribution in [-0.4, -0.2) is 50.9 Å². The summed E-state index contributed by atoms with van der Waals surface area (Å²) in [5.74, 6) is -2.00. The van der Waals surface area contributed by atoms with Crippen molar-refractivity contribution >= 4 is 23.2 Å². The number of halogens is 1. The molecule has 1 unspecified atom stereocenters. The van der Waals surface area contributed by atoms with Crippen molar-refractivity contribution < 1.29 is 14.0 Å². The van der Waals surface area contributed by atoms with Gasteiger partial charge in [-0.2, -0.15) is 0 Å². The number of fused-ring (bicyclic) bond motifs is 1.